The number of hydrogen-bond donors (Lipinski definition) is 2. The second kappa shape index (κ2) is 6.24. The Hall–Kier alpha value is -2.26. The van der Waals surface area contributed by atoms with Crippen LogP contribution in [0, 0.1) is 19.7 Å². The smallest absolute Gasteiger partial charge is 0.262 e. The van der Waals surface area contributed by atoms with Gasteiger partial charge in [0.2, 0.25) is 5.91 Å². The van der Waals surface area contributed by atoms with Gasteiger partial charge in [0.1, 0.15) is 16.4 Å². The molecule has 0 aliphatic rings. The Kier molecular flexibility index (Phi) is 4.57. The molecule has 0 radical (unpaired) electrons. The van der Waals surface area contributed by atoms with Crippen molar-refractivity contribution < 1.29 is 22.1 Å². The molecule has 1 heterocycles. The van der Waals surface area contributed by atoms with Crippen molar-refractivity contribution in [3.8, 4) is 0 Å². The Morgan fingerprint density at radius 3 is 2.45 bits per heavy atom. The summed E-state index contributed by atoms with van der Waals surface area (Å²) in [7, 11) is -3.97. The summed E-state index contributed by atoms with van der Waals surface area (Å²) in [5.41, 5.74) is 2.83. The molecule has 0 atom stereocenters. The number of sulfonamides is 1. The Morgan fingerprint density at radius 2 is 1.91 bits per heavy atom. The maximum absolute atomic E-state index is 12.8. The molecular weight excluding hydrogens is 313 g/mol. The van der Waals surface area contributed by atoms with Gasteiger partial charge in [-0.25, -0.2) is 12.8 Å². The van der Waals surface area contributed by atoms with E-state index in [1.807, 2.05) is 4.83 Å². The molecule has 0 spiro atoms. The molecule has 1 amide bonds. The molecule has 2 aromatic rings. The fourth-order valence-corrected chi connectivity index (χ4v) is 3.06. The summed E-state index contributed by atoms with van der Waals surface area (Å²) in [6.07, 6.45) is -0.0929. The standard InChI is InChI=1S/C13H14FN3O4S/c1-8-13(9(2)21-16-8)22(19,20)17-15-12(18)7-10-3-5-11(14)6-4-10/h3-6,17H,7H2,1-2H3,(H,15,18). The van der Waals surface area contributed by atoms with Crippen LogP contribution >= 0.6 is 0 Å². The second-order valence-corrected chi connectivity index (χ2v) is 6.23. The number of halogens is 1. The van der Waals surface area contributed by atoms with E-state index in [2.05, 4.69) is 10.6 Å². The number of benzene rings is 1. The fraction of sp³-hybridized carbons (Fsp3) is 0.231. The lowest BCUT2D eigenvalue weighted by Crippen LogP contribution is -2.42. The number of amides is 1. The van der Waals surface area contributed by atoms with Crippen molar-refractivity contribution >= 4 is 15.9 Å². The van der Waals surface area contributed by atoms with Gasteiger partial charge >= 0.3 is 0 Å². The quantitative estimate of drug-likeness (QED) is 0.797. The minimum atomic E-state index is -3.97. The number of aryl methyl sites for hydroxylation is 2. The number of rotatable bonds is 5. The minimum Gasteiger partial charge on any atom is -0.360 e. The zero-order valence-corrected chi connectivity index (χ0v) is 12.7. The number of nitrogens with one attached hydrogen (secondary N) is 2. The Balaban J connectivity index is 2.00. The highest BCUT2D eigenvalue weighted by Crippen LogP contribution is 2.17. The zero-order valence-electron chi connectivity index (χ0n) is 11.9. The lowest BCUT2D eigenvalue weighted by Gasteiger charge is -2.08. The third kappa shape index (κ3) is 3.68. The van der Waals surface area contributed by atoms with Crippen molar-refractivity contribution in [3.05, 3.63) is 47.1 Å². The maximum Gasteiger partial charge on any atom is 0.262 e. The van der Waals surface area contributed by atoms with Crippen molar-refractivity contribution in [2.45, 2.75) is 25.2 Å². The highest BCUT2D eigenvalue weighted by Gasteiger charge is 2.24. The van der Waals surface area contributed by atoms with E-state index in [1.165, 1.54) is 38.1 Å². The van der Waals surface area contributed by atoms with E-state index in [-0.39, 0.29) is 22.8 Å². The molecule has 1 aromatic heterocycles. The van der Waals surface area contributed by atoms with Gasteiger partial charge in [0.15, 0.2) is 5.76 Å². The average molecular weight is 327 g/mol. The average Bonchev–Trinajstić information content (AvgIpc) is 2.79. The first kappa shape index (κ1) is 16.1. The first-order chi connectivity index (χ1) is 10.3. The third-order valence-corrected chi connectivity index (χ3v) is 4.33. The summed E-state index contributed by atoms with van der Waals surface area (Å²) in [6.45, 7) is 2.93. The van der Waals surface area contributed by atoms with E-state index < -0.39 is 21.7 Å². The van der Waals surface area contributed by atoms with Gasteiger partial charge in [-0.15, -0.1) is 4.83 Å². The number of aromatic nitrogens is 1. The van der Waals surface area contributed by atoms with Gasteiger partial charge in [0, 0.05) is 0 Å². The summed E-state index contributed by atoms with van der Waals surface area (Å²) >= 11 is 0. The monoisotopic (exact) mass is 327 g/mol. The van der Waals surface area contributed by atoms with Gasteiger partial charge in [0.25, 0.3) is 10.0 Å². The predicted octanol–water partition coefficient (Wildman–Crippen LogP) is 0.983. The van der Waals surface area contributed by atoms with Gasteiger partial charge in [-0.2, -0.15) is 0 Å². The third-order valence-electron chi connectivity index (χ3n) is 2.84. The first-order valence-corrected chi connectivity index (χ1v) is 7.76. The molecule has 0 unspecified atom stereocenters. The predicted molar refractivity (Wildman–Crippen MR) is 74.5 cm³/mol. The van der Waals surface area contributed by atoms with Crippen LogP contribution in [0.3, 0.4) is 0 Å². The SMILES string of the molecule is Cc1noc(C)c1S(=O)(=O)NNC(=O)Cc1ccc(F)cc1. The molecule has 0 bridgehead atoms. The molecule has 1 aromatic carbocycles. The van der Waals surface area contributed by atoms with Crippen molar-refractivity contribution in [3.63, 3.8) is 0 Å². The van der Waals surface area contributed by atoms with Gasteiger partial charge < -0.3 is 4.52 Å². The molecule has 0 fully saturated rings. The molecule has 0 aliphatic carbocycles. The highest BCUT2D eigenvalue weighted by molar-refractivity contribution is 7.89. The van der Waals surface area contributed by atoms with Crippen LogP contribution in [0.15, 0.2) is 33.7 Å². The number of nitrogens with zero attached hydrogens (tertiary/aromatic N) is 1. The molecule has 2 N–H and O–H groups in total. The van der Waals surface area contributed by atoms with E-state index in [4.69, 9.17) is 4.52 Å². The van der Waals surface area contributed by atoms with Gasteiger partial charge in [-0.3, -0.25) is 10.2 Å². The largest absolute Gasteiger partial charge is 0.360 e. The summed E-state index contributed by atoms with van der Waals surface area (Å²) in [5, 5.41) is 3.54. The van der Waals surface area contributed by atoms with Gasteiger partial charge in [-0.1, -0.05) is 17.3 Å². The Labute approximate surface area is 126 Å². The summed E-state index contributed by atoms with van der Waals surface area (Å²) in [6, 6.07) is 5.32. The van der Waals surface area contributed by atoms with Crippen LogP contribution in [-0.4, -0.2) is 19.5 Å². The van der Waals surface area contributed by atoms with Crippen LogP contribution < -0.4 is 10.3 Å². The lowest BCUT2D eigenvalue weighted by atomic mass is 10.1. The number of hydrazine groups is 1. The molecule has 22 heavy (non-hydrogen) atoms. The number of hydrogen-bond acceptors (Lipinski definition) is 5. The molecule has 118 valence electrons. The van der Waals surface area contributed by atoms with Crippen molar-refractivity contribution in [2.24, 2.45) is 0 Å². The van der Waals surface area contributed by atoms with E-state index in [0.717, 1.165) is 0 Å². The highest BCUT2D eigenvalue weighted by atomic mass is 32.2. The van der Waals surface area contributed by atoms with E-state index >= 15 is 0 Å². The molecular formula is C13H14FN3O4S. The Morgan fingerprint density at radius 1 is 1.27 bits per heavy atom. The zero-order chi connectivity index (χ0) is 16.3. The summed E-state index contributed by atoms with van der Waals surface area (Å²) in [5.74, 6) is -0.872. The Bertz CT molecular complexity index is 765. The topological polar surface area (TPSA) is 101 Å². The van der Waals surface area contributed by atoms with Gasteiger partial charge in [0.05, 0.1) is 6.42 Å². The van der Waals surface area contributed by atoms with Crippen molar-refractivity contribution in [2.75, 3.05) is 0 Å². The molecule has 7 nitrogen and oxygen atoms in total. The minimum absolute atomic E-state index is 0.0929. The van der Waals surface area contributed by atoms with Crippen LogP contribution in [0.4, 0.5) is 4.39 Å². The van der Waals surface area contributed by atoms with Crippen molar-refractivity contribution in [1.29, 1.82) is 0 Å². The second-order valence-electron chi connectivity index (χ2n) is 4.61. The molecule has 0 aliphatic heterocycles. The summed E-state index contributed by atoms with van der Waals surface area (Å²) in [4.78, 5) is 13.6. The summed E-state index contributed by atoms with van der Waals surface area (Å²) < 4.78 is 41.7. The van der Waals surface area contributed by atoms with Gasteiger partial charge in [-0.05, 0) is 31.5 Å². The molecule has 0 saturated heterocycles. The van der Waals surface area contributed by atoms with Crippen LogP contribution in [0.2, 0.25) is 0 Å². The van der Waals surface area contributed by atoms with E-state index in [1.54, 1.807) is 0 Å². The lowest BCUT2D eigenvalue weighted by molar-refractivity contribution is -0.120. The van der Waals surface area contributed by atoms with Crippen LogP contribution in [0.25, 0.3) is 0 Å². The van der Waals surface area contributed by atoms with Crippen LogP contribution in [0.5, 0.6) is 0 Å². The number of carbonyl (C=O) groups excluding carboxylic acids is 1. The maximum atomic E-state index is 12.8. The number of carbonyl (C=O) groups is 1. The van der Waals surface area contributed by atoms with E-state index in [9.17, 15) is 17.6 Å². The van der Waals surface area contributed by atoms with Crippen LogP contribution in [-0.2, 0) is 21.2 Å². The normalized spacial score (nSPS) is 11.4. The van der Waals surface area contributed by atoms with E-state index in [0.29, 0.717) is 5.56 Å². The van der Waals surface area contributed by atoms with Crippen LogP contribution in [0.1, 0.15) is 17.0 Å². The molecule has 2 rings (SSSR count). The molecule has 0 saturated carbocycles. The van der Waals surface area contributed by atoms with Crippen molar-refractivity contribution in [1.82, 2.24) is 15.4 Å². The first-order valence-electron chi connectivity index (χ1n) is 6.27. The fourth-order valence-electron chi connectivity index (χ4n) is 1.87. The molecule has 9 heteroatoms.